The molecule has 0 radical (unpaired) electrons. The largest absolute Gasteiger partial charge is 0.387 e. The van der Waals surface area contributed by atoms with Crippen molar-refractivity contribution in [2.45, 2.75) is 20.4 Å². The Morgan fingerprint density at radius 3 is 2.41 bits per heavy atom. The quantitative estimate of drug-likeness (QED) is 0.663. The van der Waals surface area contributed by atoms with Gasteiger partial charge in [-0.25, -0.2) is 0 Å². The van der Waals surface area contributed by atoms with Crippen molar-refractivity contribution in [3.05, 3.63) is 96.0 Å². The van der Waals surface area contributed by atoms with Gasteiger partial charge in [-0.1, -0.05) is 49.0 Å². The lowest BCUT2D eigenvalue weighted by atomic mass is 10.0. The minimum absolute atomic E-state index is 0.159. The number of hydrogen-bond donors (Lipinski definition) is 2. The fraction of sp³-hybridized carbons (Fsp3) is 0.130. The Labute approximate surface area is 160 Å². The van der Waals surface area contributed by atoms with Crippen LogP contribution >= 0.6 is 0 Å². The van der Waals surface area contributed by atoms with Gasteiger partial charge in [-0.2, -0.15) is 0 Å². The van der Waals surface area contributed by atoms with Gasteiger partial charge in [0.05, 0.1) is 5.56 Å². The van der Waals surface area contributed by atoms with Crippen molar-refractivity contribution in [1.82, 2.24) is 10.3 Å². The highest BCUT2D eigenvalue weighted by Crippen LogP contribution is 2.23. The zero-order valence-electron chi connectivity index (χ0n) is 15.6. The van der Waals surface area contributed by atoms with E-state index in [-0.39, 0.29) is 5.91 Å². The molecule has 136 valence electrons. The summed E-state index contributed by atoms with van der Waals surface area (Å²) in [6.45, 7) is 8.36. The Morgan fingerprint density at radius 1 is 1.04 bits per heavy atom. The molecule has 0 saturated carbocycles. The summed E-state index contributed by atoms with van der Waals surface area (Å²) in [7, 11) is 0. The van der Waals surface area contributed by atoms with E-state index in [0.717, 1.165) is 40.0 Å². The highest BCUT2D eigenvalue weighted by molar-refractivity contribution is 6.05. The van der Waals surface area contributed by atoms with Gasteiger partial charge in [-0.15, -0.1) is 0 Å². The summed E-state index contributed by atoms with van der Waals surface area (Å²) >= 11 is 0. The highest BCUT2D eigenvalue weighted by Gasteiger charge is 2.11. The van der Waals surface area contributed by atoms with E-state index in [1.807, 2.05) is 50.2 Å². The molecule has 1 amide bonds. The number of amides is 1. The van der Waals surface area contributed by atoms with Crippen LogP contribution in [0.4, 0.5) is 5.69 Å². The molecule has 4 heteroatoms. The standard InChI is InChI=1S/C23H23N3O/c1-4-24-13-18-8-10-19(11-9-18)20-12-21(15-25-14-20)23(27)26-22-16(2)6-5-7-17(22)3/h4-12,14-15,24H,1,13H2,2-3H3,(H,26,27). The fourth-order valence-electron chi connectivity index (χ4n) is 2.92. The SMILES string of the molecule is C=CNCc1ccc(-c2cncc(C(=O)Nc3c(C)cccc3C)c2)cc1. The lowest BCUT2D eigenvalue weighted by molar-refractivity contribution is 0.102. The normalized spacial score (nSPS) is 10.3. The third kappa shape index (κ3) is 4.42. The maximum absolute atomic E-state index is 12.7. The average molecular weight is 357 g/mol. The van der Waals surface area contributed by atoms with Crippen molar-refractivity contribution in [1.29, 1.82) is 0 Å². The molecular weight excluding hydrogens is 334 g/mol. The van der Waals surface area contributed by atoms with Gasteiger partial charge in [0.15, 0.2) is 0 Å². The van der Waals surface area contributed by atoms with Gasteiger partial charge in [-0.3, -0.25) is 9.78 Å². The van der Waals surface area contributed by atoms with Gasteiger partial charge in [0.2, 0.25) is 0 Å². The number of nitrogens with one attached hydrogen (secondary N) is 2. The van der Waals surface area contributed by atoms with E-state index in [1.165, 1.54) is 0 Å². The van der Waals surface area contributed by atoms with Crippen molar-refractivity contribution in [2.24, 2.45) is 0 Å². The second kappa shape index (κ2) is 8.32. The number of anilines is 1. The van der Waals surface area contributed by atoms with Gasteiger partial charge in [-0.05, 0) is 48.4 Å². The summed E-state index contributed by atoms with van der Waals surface area (Å²) in [6.07, 6.45) is 5.04. The van der Waals surface area contributed by atoms with Crippen LogP contribution < -0.4 is 10.6 Å². The number of rotatable bonds is 6. The minimum Gasteiger partial charge on any atom is -0.387 e. The number of nitrogens with zero attached hydrogens (tertiary/aromatic N) is 1. The molecule has 0 aliphatic carbocycles. The molecule has 3 rings (SSSR count). The zero-order chi connectivity index (χ0) is 19.2. The molecule has 2 N–H and O–H groups in total. The van der Waals surface area contributed by atoms with E-state index < -0.39 is 0 Å². The second-order valence-electron chi connectivity index (χ2n) is 6.47. The van der Waals surface area contributed by atoms with Gasteiger partial charge in [0.25, 0.3) is 5.91 Å². The molecule has 2 aromatic carbocycles. The van der Waals surface area contributed by atoms with Gasteiger partial charge in [0, 0.05) is 30.2 Å². The number of aryl methyl sites for hydroxylation is 2. The fourth-order valence-corrected chi connectivity index (χ4v) is 2.92. The van der Waals surface area contributed by atoms with E-state index in [0.29, 0.717) is 5.56 Å². The number of carbonyl (C=O) groups excluding carboxylic acids is 1. The van der Waals surface area contributed by atoms with Crippen molar-refractivity contribution in [3.8, 4) is 11.1 Å². The monoisotopic (exact) mass is 357 g/mol. The van der Waals surface area contributed by atoms with Crippen LogP contribution in [0.5, 0.6) is 0 Å². The smallest absolute Gasteiger partial charge is 0.257 e. The molecule has 3 aromatic rings. The second-order valence-corrected chi connectivity index (χ2v) is 6.47. The molecule has 0 aliphatic heterocycles. The van der Waals surface area contributed by atoms with E-state index in [4.69, 9.17) is 0 Å². The topological polar surface area (TPSA) is 54.0 Å². The summed E-state index contributed by atoms with van der Waals surface area (Å²) in [6, 6.07) is 16.0. The van der Waals surface area contributed by atoms with Crippen LogP contribution in [0.15, 0.2) is 73.7 Å². The Hall–Kier alpha value is -3.40. The first kappa shape index (κ1) is 18.4. The van der Waals surface area contributed by atoms with E-state index in [2.05, 4.69) is 34.3 Å². The number of benzene rings is 2. The summed E-state index contributed by atoms with van der Waals surface area (Å²) in [5, 5.41) is 6.09. The van der Waals surface area contributed by atoms with Gasteiger partial charge < -0.3 is 10.6 Å². The van der Waals surface area contributed by atoms with E-state index in [1.54, 1.807) is 18.6 Å². The Bertz CT molecular complexity index is 941. The number of aromatic nitrogens is 1. The molecule has 0 spiro atoms. The zero-order valence-corrected chi connectivity index (χ0v) is 15.6. The van der Waals surface area contributed by atoms with Crippen molar-refractivity contribution in [3.63, 3.8) is 0 Å². The molecule has 1 aromatic heterocycles. The third-order valence-electron chi connectivity index (χ3n) is 4.46. The third-order valence-corrected chi connectivity index (χ3v) is 4.46. The van der Waals surface area contributed by atoms with Crippen LogP contribution in [0.3, 0.4) is 0 Å². The summed E-state index contributed by atoms with van der Waals surface area (Å²) in [4.78, 5) is 17.0. The van der Waals surface area contributed by atoms with E-state index in [9.17, 15) is 4.79 Å². The molecule has 0 aliphatic rings. The molecule has 0 fully saturated rings. The predicted octanol–water partition coefficient (Wildman–Crippen LogP) is 4.85. The molecule has 0 saturated heterocycles. The van der Waals surface area contributed by atoms with Crippen molar-refractivity contribution < 1.29 is 4.79 Å². The van der Waals surface area contributed by atoms with Gasteiger partial charge >= 0.3 is 0 Å². The Morgan fingerprint density at radius 2 is 1.74 bits per heavy atom. The first-order valence-electron chi connectivity index (χ1n) is 8.84. The van der Waals surface area contributed by atoms with Gasteiger partial charge in [0.1, 0.15) is 0 Å². The minimum atomic E-state index is -0.159. The maximum Gasteiger partial charge on any atom is 0.257 e. The van der Waals surface area contributed by atoms with Crippen LogP contribution in [-0.4, -0.2) is 10.9 Å². The number of hydrogen-bond acceptors (Lipinski definition) is 3. The summed E-state index contributed by atoms with van der Waals surface area (Å²) in [5.74, 6) is -0.159. The molecule has 4 nitrogen and oxygen atoms in total. The highest BCUT2D eigenvalue weighted by atomic mass is 16.1. The van der Waals surface area contributed by atoms with Crippen molar-refractivity contribution in [2.75, 3.05) is 5.32 Å². The first-order chi connectivity index (χ1) is 13.1. The Balaban J connectivity index is 1.80. The maximum atomic E-state index is 12.7. The molecule has 0 bridgehead atoms. The van der Waals surface area contributed by atoms with E-state index >= 15 is 0 Å². The molecule has 1 heterocycles. The average Bonchev–Trinajstić information content (AvgIpc) is 2.69. The summed E-state index contributed by atoms with van der Waals surface area (Å²) in [5.41, 5.74) is 6.56. The van der Waals surface area contributed by atoms with Crippen LogP contribution in [-0.2, 0) is 6.54 Å². The van der Waals surface area contributed by atoms with Crippen LogP contribution in [0.25, 0.3) is 11.1 Å². The number of pyridine rings is 1. The van der Waals surface area contributed by atoms with Crippen LogP contribution in [0, 0.1) is 13.8 Å². The first-order valence-corrected chi connectivity index (χ1v) is 8.84. The Kier molecular flexibility index (Phi) is 5.67. The number of para-hydroxylation sites is 1. The predicted molar refractivity (Wildman–Crippen MR) is 111 cm³/mol. The lowest BCUT2D eigenvalue weighted by Gasteiger charge is -2.12. The number of carbonyl (C=O) groups is 1. The molecule has 0 unspecified atom stereocenters. The molecule has 0 atom stereocenters. The lowest BCUT2D eigenvalue weighted by Crippen LogP contribution is -2.14. The summed E-state index contributed by atoms with van der Waals surface area (Å²) < 4.78 is 0. The van der Waals surface area contributed by atoms with Crippen molar-refractivity contribution >= 4 is 11.6 Å². The molecular formula is C23H23N3O. The van der Waals surface area contributed by atoms with Crippen LogP contribution in [0.2, 0.25) is 0 Å². The van der Waals surface area contributed by atoms with Crippen LogP contribution in [0.1, 0.15) is 27.0 Å². The molecule has 27 heavy (non-hydrogen) atoms.